The summed E-state index contributed by atoms with van der Waals surface area (Å²) in [6, 6.07) is 0. The molecule has 0 fully saturated rings. The molecule has 0 saturated carbocycles. The largest absolute Gasteiger partial charge is 0.469 e. The number of methoxy groups -OCH3 is 2. The average Bonchev–Trinajstić information content (AvgIpc) is 2.70. The van der Waals surface area contributed by atoms with Crippen molar-refractivity contribution in [2.24, 2.45) is 7.05 Å². The van der Waals surface area contributed by atoms with Gasteiger partial charge >= 0.3 is 11.9 Å². The Bertz CT molecular complexity index is 463. The van der Waals surface area contributed by atoms with Crippen molar-refractivity contribution in [2.45, 2.75) is 6.42 Å². The predicted molar refractivity (Wildman–Crippen MR) is 55.5 cm³/mol. The molecule has 1 aromatic heterocycles. The van der Waals surface area contributed by atoms with E-state index < -0.39 is 24.1 Å². The molecule has 0 saturated heterocycles. The number of hydrogen-bond donors (Lipinski definition) is 0. The highest BCUT2D eigenvalue weighted by molar-refractivity contribution is 6.10. The van der Waals surface area contributed by atoms with Crippen molar-refractivity contribution in [3.05, 3.63) is 17.5 Å². The van der Waals surface area contributed by atoms with Gasteiger partial charge < -0.3 is 9.47 Å². The molecule has 7 heteroatoms. The molecule has 17 heavy (non-hydrogen) atoms. The van der Waals surface area contributed by atoms with Gasteiger partial charge in [-0.2, -0.15) is 5.10 Å². The summed E-state index contributed by atoms with van der Waals surface area (Å²) in [7, 11) is 3.92. The minimum atomic E-state index is -0.723. The van der Waals surface area contributed by atoms with Crippen molar-refractivity contribution >= 4 is 17.7 Å². The van der Waals surface area contributed by atoms with Gasteiger partial charge in [-0.3, -0.25) is 14.3 Å². The van der Waals surface area contributed by atoms with Crippen LogP contribution in [0.2, 0.25) is 0 Å². The van der Waals surface area contributed by atoms with E-state index in [4.69, 9.17) is 0 Å². The molecule has 7 nitrogen and oxygen atoms in total. The highest BCUT2D eigenvalue weighted by Gasteiger charge is 2.23. The third-order valence-electron chi connectivity index (χ3n) is 2.04. The molecule has 0 radical (unpaired) electrons. The van der Waals surface area contributed by atoms with Crippen LogP contribution in [0, 0.1) is 0 Å². The van der Waals surface area contributed by atoms with Gasteiger partial charge in [-0.05, 0) is 0 Å². The monoisotopic (exact) mass is 240 g/mol. The molecule has 0 aromatic carbocycles. The zero-order valence-corrected chi connectivity index (χ0v) is 9.72. The standard InChI is InChI=1S/C10H12N2O5/c1-12-5-6(7(13)4-8(14)16-2)9(11-12)10(15)17-3/h5H,4H2,1-3H3. The zero-order valence-electron chi connectivity index (χ0n) is 9.72. The fourth-order valence-corrected chi connectivity index (χ4v) is 1.24. The van der Waals surface area contributed by atoms with E-state index in [0.29, 0.717) is 0 Å². The maximum absolute atomic E-state index is 11.7. The van der Waals surface area contributed by atoms with E-state index in [2.05, 4.69) is 14.6 Å². The number of Topliss-reactive ketones (excluding diaryl/α,β-unsaturated/α-hetero) is 1. The van der Waals surface area contributed by atoms with Crippen molar-refractivity contribution in [2.75, 3.05) is 14.2 Å². The Hall–Kier alpha value is -2.18. The van der Waals surface area contributed by atoms with Crippen LogP contribution >= 0.6 is 0 Å². The highest BCUT2D eigenvalue weighted by atomic mass is 16.5. The SMILES string of the molecule is COC(=O)CC(=O)c1cn(C)nc1C(=O)OC. The summed E-state index contributed by atoms with van der Waals surface area (Å²) in [5.41, 5.74) is -0.0614. The second-order valence-corrected chi connectivity index (χ2v) is 3.23. The summed E-state index contributed by atoms with van der Waals surface area (Å²) < 4.78 is 10.2. The number of hydrogen-bond acceptors (Lipinski definition) is 6. The van der Waals surface area contributed by atoms with Crippen LogP contribution in [-0.4, -0.2) is 41.7 Å². The molecule has 0 amide bonds. The summed E-state index contributed by atoms with van der Waals surface area (Å²) in [5.74, 6) is -1.93. The molecule has 0 N–H and O–H groups in total. The Morgan fingerprint density at radius 2 is 1.94 bits per heavy atom. The molecule has 0 aliphatic rings. The lowest BCUT2D eigenvalue weighted by molar-refractivity contribution is -0.139. The summed E-state index contributed by atoms with van der Waals surface area (Å²) >= 11 is 0. The van der Waals surface area contributed by atoms with E-state index >= 15 is 0 Å². The zero-order chi connectivity index (χ0) is 13.0. The van der Waals surface area contributed by atoms with Gasteiger partial charge in [0.25, 0.3) is 0 Å². The number of ketones is 1. The van der Waals surface area contributed by atoms with Crippen LogP contribution in [0.5, 0.6) is 0 Å². The molecule has 0 aliphatic heterocycles. The van der Waals surface area contributed by atoms with Crippen molar-refractivity contribution in [1.82, 2.24) is 9.78 Å². The Labute approximate surface area is 97.3 Å². The number of carbonyl (C=O) groups is 3. The second-order valence-electron chi connectivity index (χ2n) is 3.23. The van der Waals surface area contributed by atoms with E-state index in [1.165, 1.54) is 25.1 Å². The minimum absolute atomic E-state index is 0.0461. The normalized spacial score (nSPS) is 9.82. The number of aromatic nitrogens is 2. The Kier molecular flexibility index (Phi) is 3.97. The molecular weight excluding hydrogens is 228 g/mol. The van der Waals surface area contributed by atoms with Crippen LogP contribution in [0.15, 0.2) is 6.20 Å². The number of esters is 2. The topological polar surface area (TPSA) is 87.5 Å². The average molecular weight is 240 g/mol. The molecule has 0 unspecified atom stereocenters. The quantitative estimate of drug-likeness (QED) is 0.416. The van der Waals surface area contributed by atoms with Crippen LogP contribution in [0.25, 0.3) is 0 Å². The van der Waals surface area contributed by atoms with Crippen LogP contribution < -0.4 is 0 Å². The minimum Gasteiger partial charge on any atom is -0.469 e. The first-order chi connectivity index (χ1) is 7.99. The molecule has 0 aliphatic carbocycles. The van der Waals surface area contributed by atoms with Crippen LogP contribution in [0.4, 0.5) is 0 Å². The molecule has 92 valence electrons. The first-order valence-corrected chi connectivity index (χ1v) is 4.71. The van der Waals surface area contributed by atoms with Crippen molar-refractivity contribution in [1.29, 1.82) is 0 Å². The predicted octanol–water partition coefficient (Wildman–Crippen LogP) is -0.0475. The summed E-state index contributed by atoms with van der Waals surface area (Å²) in [4.78, 5) is 34.0. The van der Waals surface area contributed by atoms with Gasteiger partial charge in [0.1, 0.15) is 6.42 Å². The summed E-state index contributed by atoms with van der Waals surface area (Å²) in [5, 5.41) is 3.80. The molecular formula is C10H12N2O5. The van der Waals surface area contributed by atoms with Gasteiger partial charge in [0, 0.05) is 13.2 Å². The van der Waals surface area contributed by atoms with Gasteiger partial charge in [0.05, 0.1) is 19.8 Å². The summed E-state index contributed by atoms with van der Waals surface area (Å²) in [6.07, 6.45) is 0.920. The smallest absolute Gasteiger partial charge is 0.359 e. The van der Waals surface area contributed by atoms with Gasteiger partial charge in [0.15, 0.2) is 11.5 Å². The number of carbonyl (C=O) groups excluding carboxylic acids is 3. The van der Waals surface area contributed by atoms with E-state index in [0.717, 1.165) is 0 Å². The fourth-order valence-electron chi connectivity index (χ4n) is 1.24. The lowest BCUT2D eigenvalue weighted by atomic mass is 10.1. The third kappa shape index (κ3) is 2.90. The van der Waals surface area contributed by atoms with Crippen LogP contribution in [0.1, 0.15) is 27.3 Å². The van der Waals surface area contributed by atoms with E-state index in [-0.39, 0.29) is 11.3 Å². The van der Waals surface area contributed by atoms with Crippen molar-refractivity contribution in [3.8, 4) is 0 Å². The number of aryl methyl sites for hydroxylation is 1. The van der Waals surface area contributed by atoms with Gasteiger partial charge in [-0.1, -0.05) is 0 Å². The third-order valence-corrected chi connectivity index (χ3v) is 2.04. The second kappa shape index (κ2) is 5.24. The summed E-state index contributed by atoms with van der Waals surface area (Å²) in [6.45, 7) is 0. The van der Waals surface area contributed by atoms with Gasteiger partial charge in [-0.25, -0.2) is 4.79 Å². The lowest BCUT2D eigenvalue weighted by Gasteiger charge is -1.99. The van der Waals surface area contributed by atoms with Crippen molar-refractivity contribution < 1.29 is 23.9 Å². The molecule has 0 spiro atoms. The van der Waals surface area contributed by atoms with Crippen molar-refractivity contribution in [3.63, 3.8) is 0 Å². The van der Waals surface area contributed by atoms with E-state index in [1.54, 1.807) is 7.05 Å². The molecule has 0 atom stereocenters. The first-order valence-electron chi connectivity index (χ1n) is 4.71. The van der Waals surface area contributed by atoms with Crippen LogP contribution in [0.3, 0.4) is 0 Å². The van der Waals surface area contributed by atoms with E-state index in [1.807, 2.05) is 0 Å². The Morgan fingerprint density at radius 3 is 2.47 bits per heavy atom. The molecule has 1 aromatic rings. The number of nitrogens with zero attached hydrogens (tertiary/aromatic N) is 2. The number of rotatable bonds is 4. The highest BCUT2D eigenvalue weighted by Crippen LogP contribution is 2.11. The molecule has 1 rings (SSSR count). The maximum Gasteiger partial charge on any atom is 0.359 e. The number of ether oxygens (including phenoxy) is 2. The van der Waals surface area contributed by atoms with E-state index in [9.17, 15) is 14.4 Å². The Morgan fingerprint density at radius 1 is 1.29 bits per heavy atom. The molecule has 1 heterocycles. The fraction of sp³-hybridized carbons (Fsp3) is 0.400. The Balaban J connectivity index is 3.00. The van der Waals surface area contributed by atoms with Gasteiger partial charge in [0.2, 0.25) is 0 Å². The lowest BCUT2D eigenvalue weighted by Crippen LogP contribution is -2.13. The first kappa shape index (κ1) is 12.9. The molecule has 0 bridgehead atoms. The maximum atomic E-state index is 11.7. The van der Waals surface area contributed by atoms with Crippen LogP contribution in [-0.2, 0) is 21.3 Å². The van der Waals surface area contributed by atoms with Gasteiger partial charge in [-0.15, -0.1) is 0 Å².